The Morgan fingerprint density at radius 3 is 2.72 bits per heavy atom. The van der Waals surface area contributed by atoms with Gasteiger partial charge in [0, 0.05) is 11.6 Å². The van der Waals surface area contributed by atoms with E-state index in [1.165, 1.54) is 6.20 Å². The number of aromatic amines is 1. The average Bonchev–Trinajstić information content (AvgIpc) is 3.14. The molecule has 7 nitrogen and oxygen atoms in total. The first-order valence-electron chi connectivity index (χ1n) is 8.23. The molecule has 0 fully saturated rings. The first-order valence-corrected chi connectivity index (χ1v) is 8.23. The van der Waals surface area contributed by atoms with Crippen LogP contribution in [0.15, 0.2) is 24.4 Å². The molecule has 25 heavy (non-hydrogen) atoms. The lowest BCUT2D eigenvalue weighted by molar-refractivity contribution is 0.0892. The summed E-state index contributed by atoms with van der Waals surface area (Å²) in [6.07, 6.45) is 2.33. The van der Waals surface area contributed by atoms with Crippen LogP contribution in [0.2, 0.25) is 0 Å². The highest BCUT2D eigenvalue weighted by Gasteiger charge is 2.23. The van der Waals surface area contributed by atoms with E-state index < -0.39 is 0 Å². The molecule has 2 aromatic rings. The van der Waals surface area contributed by atoms with Gasteiger partial charge in [0.2, 0.25) is 0 Å². The second-order valence-electron chi connectivity index (χ2n) is 5.87. The minimum Gasteiger partial charge on any atom is -0.497 e. The van der Waals surface area contributed by atoms with Crippen LogP contribution in [-0.4, -0.2) is 48.1 Å². The Labute approximate surface area is 147 Å². The Hall–Kier alpha value is -2.54. The number of amides is 1. The standard InChI is InChI=1S/C18H25N3O4/c1-5-11(2)15(10-22)20-18(23)14-9-19-21-17(14)13-7-6-12(24-3)8-16(13)25-4/h6-9,11,15,22H,5,10H2,1-4H3,(H,19,21)(H,20,23)/t11-,15+/m1/s1. The second kappa shape index (κ2) is 8.53. The number of aliphatic hydroxyl groups excluding tert-OH is 1. The number of methoxy groups -OCH3 is 2. The Balaban J connectivity index is 2.33. The Morgan fingerprint density at radius 1 is 1.36 bits per heavy atom. The lowest BCUT2D eigenvalue weighted by Gasteiger charge is -2.22. The summed E-state index contributed by atoms with van der Waals surface area (Å²) in [5, 5.41) is 19.3. The predicted molar refractivity (Wildman–Crippen MR) is 94.9 cm³/mol. The summed E-state index contributed by atoms with van der Waals surface area (Å²) in [5.41, 5.74) is 1.65. The van der Waals surface area contributed by atoms with Crippen LogP contribution in [0.3, 0.4) is 0 Å². The molecule has 0 unspecified atom stereocenters. The molecular formula is C18H25N3O4. The highest BCUT2D eigenvalue weighted by Crippen LogP contribution is 2.33. The van der Waals surface area contributed by atoms with Crippen molar-refractivity contribution in [2.24, 2.45) is 5.92 Å². The molecular weight excluding hydrogens is 322 g/mol. The van der Waals surface area contributed by atoms with Crippen LogP contribution in [0, 0.1) is 5.92 Å². The summed E-state index contributed by atoms with van der Waals surface area (Å²) < 4.78 is 10.6. The fourth-order valence-corrected chi connectivity index (χ4v) is 2.57. The van der Waals surface area contributed by atoms with E-state index in [4.69, 9.17) is 9.47 Å². The number of nitrogens with zero attached hydrogens (tertiary/aromatic N) is 1. The van der Waals surface area contributed by atoms with Crippen LogP contribution in [0.5, 0.6) is 11.5 Å². The molecule has 0 aliphatic heterocycles. The molecule has 1 heterocycles. The molecule has 7 heteroatoms. The third-order valence-electron chi connectivity index (χ3n) is 4.41. The van der Waals surface area contributed by atoms with Gasteiger partial charge < -0.3 is 19.9 Å². The van der Waals surface area contributed by atoms with E-state index in [-0.39, 0.29) is 24.5 Å². The molecule has 0 saturated heterocycles. The van der Waals surface area contributed by atoms with Gasteiger partial charge in [-0.05, 0) is 18.1 Å². The average molecular weight is 347 g/mol. The number of carbonyl (C=O) groups excluding carboxylic acids is 1. The van der Waals surface area contributed by atoms with Gasteiger partial charge in [0.15, 0.2) is 0 Å². The highest BCUT2D eigenvalue weighted by molar-refractivity contribution is 6.00. The number of hydrogen-bond donors (Lipinski definition) is 3. The first-order chi connectivity index (χ1) is 12.0. The zero-order valence-electron chi connectivity index (χ0n) is 15.0. The number of aromatic nitrogens is 2. The topological polar surface area (TPSA) is 96.5 Å². The number of nitrogens with one attached hydrogen (secondary N) is 2. The normalized spacial score (nSPS) is 13.2. The lowest BCUT2D eigenvalue weighted by Crippen LogP contribution is -2.41. The maximum Gasteiger partial charge on any atom is 0.255 e. The molecule has 0 bridgehead atoms. The lowest BCUT2D eigenvalue weighted by atomic mass is 9.99. The monoisotopic (exact) mass is 347 g/mol. The van der Waals surface area contributed by atoms with Crippen molar-refractivity contribution in [3.05, 3.63) is 30.0 Å². The van der Waals surface area contributed by atoms with Crippen LogP contribution in [0.25, 0.3) is 11.3 Å². The second-order valence-corrected chi connectivity index (χ2v) is 5.87. The molecule has 1 aromatic heterocycles. The summed E-state index contributed by atoms with van der Waals surface area (Å²) in [5.74, 6) is 1.10. The summed E-state index contributed by atoms with van der Waals surface area (Å²) in [4.78, 5) is 12.7. The molecule has 0 radical (unpaired) electrons. The van der Waals surface area contributed by atoms with Crippen molar-refractivity contribution in [2.75, 3.05) is 20.8 Å². The van der Waals surface area contributed by atoms with E-state index in [2.05, 4.69) is 15.5 Å². The fraction of sp³-hybridized carbons (Fsp3) is 0.444. The third-order valence-corrected chi connectivity index (χ3v) is 4.41. The number of carbonyl (C=O) groups is 1. The Bertz CT molecular complexity index is 714. The molecule has 1 amide bonds. The van der Waals surface area contributed by atoms with Gasteiger partial charge in [-0.1, -0.05) is 20.3 Å². The van der Waals surface area contributed by atoms with Crippen molar-refractivity contribution >= 4 is 5.91 Å². The fourth-order valence-electron chi connectivity index (χ4n) is 2.57. The molecule has 2 rings (SSSR count). The number of H-pyrrole nitrogens is 1. The van der Waals surface area contributed by atoms with Crippen molar-refractivity contribution in [3.8, 4) is 22.8 Å². The van der Waals surface area contributed by atoms with Gasteiger partial charge in [-0.25, -0.2) is 0 Å². The van der Waals surface area contributed by atoms with Gasteiger partial charge in [-0.15, -0.1) is 0 Å². The molecule has 136 valence electrons. The van der Waals surface area contributed by atoms with Crippen LogP contribution in [-0.2, 0) is 0 Å². The smallest absolute Gasteiger partial charge is 0.255 e. The maximum absolute atomic E-state index is 12.7. The van der Waals surface area contributed by atoms with Gasteiger partial charge >= 0.3 is 0 Å². The van der Waals surface area contributed by atoms with Gasteiger partial charge in [-0.3, -0.25) is 9.89 Å². The van der Waals surface area contributed by atoms with Gasteiger partial charge in [0.25, 0.3) is 5.91 Å². The zero-order valence-corrected chi connectivity index (χ0v) is 15.0. The largest absolute Gasteiger partial charge is 0.497 e. The molecule has 2 atom stereocenters. The van der Waals surface area contributed by atoms with E-state index >= 15 is 0 Å². The number of ether oxygens (including phenoxy) is 2. The molecule has 0 aliphatic carbocycles. The number of rotatable bonds is 8. The van der Waals surface area contributed by atoms with E-state index in [9.17, 15) is 9.90 Å². The Morgan fingerprint density at radius 2 is 2.12 bits per heavy atom. The zero-order chi connectivity index (χ0) is 18.4. The molecule has 0 aliphatic rings. The van der Waals surface area contributed by atoms with Crippen molar-refractivity contribution in [1.82, 2.24) is 15.5 Å². The molecule has 3 N–H and O–H groups in total. The van der Waals surface area contributed by atoms with Crippen molar-refractivity contribution in [1.29, 1.82) is 0 Å². The van der Waals surface area contributed by atoms with E-state index in [1.54, 1.807) is 32.4 Å². The van der Waals surface area contributed by atoms with Crippen molar-refractivity contribution < 1.29 is 19.4 Å². The van der Waals surface area contributed by atoms with Gasteiger partial charge in [0.1, 0.15) is 11.5 Å². The summed E-state index contributed by atoms with van der Waals surface area (Å²) in [7, 11) is 3.13. The van der Waals surface area contributed by atoms with E-state index in [1.807, 2.05) is 13.8 Å². The van der Waals surface area contributed by atoms with Crippen LogP contribution < -0.4 is 14.8 Å². The van der Waals surface area contributed by atoms with E-state index in [0.717, 1.165) is 6.42 Å². The number of aliphatic hydroxyl groups is 1. The van der Waals surface area contributed by atoms with Crippen LogP contribution >= 0.6 is 0 Å². The predicted octanol–water partition coefficient (Wildman–Crippen LogP) is 2.23. The number of benzene rings is 1. The molecule has 1 aromatic carbocycles. The van der Waals surface area contributed by atoms with Crippen LogP contribution in [0.1, 0.15) is 30.6 Å². The quantitative estimate of drug-likeness (QED) is 0.680. The highest BCUT2D eigenvalue weighted by atomic mass is 16.5. The maximum atomic E-state index is 12.7. The van der Waals surface area contributed by atoms with Gasteiger partial charge in [-0.2, -0.15) is 5.10 Å². The summed E-state index contributed by atoms with van der Waals surface area (Å²) >= 11 is 0. The third kappa shape index (κ3) is 4.11. The summed E-state index contributed by atoms with van der Waals surface area (Å²) in [6.45, 7) is 3.90. The minimum absolute atomic E-state index is 0.111. The first kappa shape index (κ1) is 18.8. The van der Waals surface area contributed by atoms with Crippen molar-refractivity contribution in [2.45, 2.75) is 26.3 Å². The number of hydrogen-bond acceptors (Lipinski definition) is 5. The minimum atomic E-state index is -0.307. The summed E-state index contributed by atoms with van der Waals surface area (Å²) in [6, 6.07) is 5.03. The van der Waals surface area contributed by atoms with E-state index in [0.29, 0.717) is 28.3 Å². The van der Waals surface area contributed by atoms with Crippen LogP contribution in [0.4, 0.5) is 0 Å². The molecule has 0 spiro atoms. The SMILES string of the molecule is CC[C@@H](C)[C@H](CO)NC(=O)c1cn[nH]c1-c1ccc(OC)cc1OC. The Kier molecular flexibility index (Phi) is 6.41. The molecule has 0 saturated carbocycles. The van der Waals surface area contributed by atoms with Gasteiger partial charge in [0.05, 0.1) is 44.3 Å². The van der Waals surface area contributed by atoms with Crippen molar-refractivity contribution in [3.63, 3.8) is 0 Å².